The molecule has 0 N–H and O–H groups in total. The summed E-state index contributed by atoms with van der Waals surface area (Å²) >= 11 is 0. The molecule has 23 heavy (non-hydrogen) atoms. The van der Waals surface area contributed by atoms with E-state index in [-0.39, 0.29) is 18.6 Å². The van der Waals surface area contributed by atoms with Gasteiger partial charge in [-0.2, -0.15) is 0 Å². The predicted octanol–water partition coefficient (Wildman–Crippen LogP) is -0.0607. The Hall–Kier alpha value is -1.93. The molecule has 0 spiro atoms. The highest BCUT2D eigenvalue weighted by Gasteiger charge is 2.29. The highest BCUT2D eigenvalue weighted by Crippen LogP contribution is 2.26. The Bertz CT molecular complexity index is 536. The van der Waals surface area contributed by atoms with Gasteiger partial charge in [-0.1, -0.05) is 0 Å². The molecule has 1 aromatic rings. The number of anilines is 1. The highest BCUT2D eigenvalue weighted by molar-refractivity contribution is 5.77. The van der Waals surface area contributed by atoms with Gasteiger partial charge in [0.25, 0.3) is 5.88 Å². The van der Waals surface area contributed by atoms with Gasteiger partial charge in [0, 0.05) is 45.6 Å². The number of methoxy groups -OCH3 is 1. The molecular formula is C15H22N4O4. The summed E-state index contributed by atoms with van der Waals surface area (Å²) < 4.78 is 16.3. The van der Waals surface area contributed by atoms with Crippen LogP contribution in [0.15, 0.2) is 12.4 Å². The molecule has 3 heterocycles. The second-order valence-electron chi connectivity index (χ2n) is 5.59. The molecule has 2 saturated heterocycles. The van der Waals surface area contributed by atoms with Crippen molar-refractivity contribution in [2.75, 3.05) is 58.0 Å². The number of nitrogens with zero attached hydrogens (tertiary/aromatic N) is 4. The molecule has 1 amide bonds. The number of rotatable bonds is 5. The number of amides is 1. The zero-order valence-corrected chi connectivity index (χ0v) is 13.3. The van der Waals surface area contributed by atoms with Crippen molar-refractivity contribution in [3.63, 3.8) is 0 Å². The maximum atomic E-state index is 11.9. The minimum absolute atomic E-state index is 0.00820. The Kier molecular flexibility index (Phi) is 5.24. The van der Waals surface area contributed by atoms with Gasteiger partial charge in [-0.25, -0.2) is 9.97 Å². The second-order valence-corrected chi connectivity index (χ2v) is 5.59. The SMILES string of the molecule is COCC(=O)N1CCC(Oc2nccnc2N2CCOCC2)C1. The van der Waals surface area contributed by atoms with E-state index in [1.165, 1.54) is 7.11 Å². The smallest absolute Gasteiger partial charge is 0.257 e. The molecule has 3 rings (SSSR count). The molecule has 2 aliphatic rings. The first kappa shape index (κ1) is 15.9. The van der Waals surface area contributed by atoms with Crippen LogP contribution in [0, 0.1) is 0 Å². The summed E-state index contributed by atoms with van der Waals surface area (Å²) in [4.78, 5) is 24.5. The molecule has 8 heteroatoms. The zero-order chi connectivity index (χ0) is 16.1. The lowest BCUT2D eigenvalue weighted by Gasteiger charge is -2.29. The van der Waals surface area contributed by atoms with Crippen molar-refractivity contribution >= 4 is 11.7 Å². The molecule has 1 atom stereocenters. The average molecular weight is 322 g/mol. The van der Waals surface area contributed by atoms with Gasteiger partial charge in [-0.3, -0.25) is 4.79 Å². The Morgan fingerprint density at radius 1 is 1.30 bits per heavy atom. The number of morpholine rings is 1. The second kappa shape index (κ2) is 7.56. The number of hydrogen-bond donors (Lipinski definition) is 0. The van der Waals surface area contributed by atoms with E-state index in [0.717, 1.165) is 25.3 Å². The van der Waals surface area contributed by atoms with Gasteiger partial charge in [0.05, 0.1) is 19.8 Å². The van der Waals surface area contributed by atoms with E-state index in [0.29, 0.717) is 32.2 Å². The lowest BCUT2D eigenvalue weighted by atomic mass is 10.3. The lowest BCUT2D eigenvalue weighted by Crippen LogP contribution is -2.37. The van der Waals surface area contributed by atoms with Gasteiger partial charge >= 0.3 is 0 Å². The van der Waals surface area contributed by atoms with Crippen molar-refractivity contribution in [1.82, 2.24) is 14.9 Å². The van der Waals surface area contributed by atoms with Gasteiger partial charge in [0.1, 0.15) is 12.7 Å². The van der Waals surface area contributed by atoms with Crippen molar-refractivity contribution in [2.24, 2.45) is 0 Å². The third-order valence-corrected chi connectivity index (χ3v) is 4.00. The van der Waals surface area contributed by atoms with E-state index in [1.807, 2.05) is 0 Å². The number of hydrogen-bond acceptors (Lipinski definition) is 7. The fourth-order valence-electron chi connectivity index (χ4n) is 2.82. The molecule has 1 unspecified atom stereocenters. The van der Waals surface area contributed by atoms with Gasteiger partial charge in [-0.05, 0) is 0 Å². The Morgan fingerprint density at radius 3 is 2.87 bits per heavy atom. The van der Waals surface area contributed by atoms with Crippen molar-refractivity contribution in [3.8, 4) is 5.88 Å². The van der Waals surface area contributed by atoms with Crippen LogP contribution in [0.25, 0.3) is 0 Å². The summed E-state index contributed by atoms with van der Waals surface area (Å²) in [5.41, 5.74) is 0. The molecule has 0 saturated carbocycles. The Labute approximate surface area is 135 Å². The number of ether oxygens (including phenoxy) is 3. The van der Waals surface area contributed by atoms with Crippen LogP contribution in [0.1, 0.15) is 6.42 Å². The zero-order valence-electron chi connectivity index (χ0n) is 13.3. The molecule has 2 aliphatic heterocycles. The molecule has 0 bridgehead atoms. The van der Waals surface area contributed by atoms with Crippen LogP contribution in [-0.4, -0.2) is 80.0 Å². The maximum Gasteiger partial charge on any atom is 0.257 e. The number of carbonyl (C=O) groups is 1. The van der Waals surface area contributed by atoms with Crippen molar-refractivity contribution in [1.29, 1.82) is 0 Å². The van der Waals surface area contributed by atoms with Crippen LogP contribution in [0.4, 0.5) is 5.82 Å². The summed E-state index contributed by atoms with van der Waals surface area (Å²) in [7, 11) is 1.52. The average Bonchev–Trinajstić information content (AvgIpc) is 3.05. The number of aromatic nitrogens is 2. The first-order valence-electron chi connectivity index (χ1n) is 7.85. The van der Waals surface area contributed by atoms with E-state index in [1.54, 1.807) is 17.3 Å². The van der Waals surface area contributed by atoms with E-state index >= 15 is 0 Å². The first-order valence-corrected chi connectivity index (χ1v) is 7.85. The van der Waals surface area contributed by atoms with Gasteiger partial charge in [-0.15, -0.1) is 0 Å². The number of carbonyl (C=O) groups excluding carboxylic acids is 1. The monoisotopic (exact) mass is 322 g/mol. The summed E-state index contributed by atoms with van der Waals surface area (Å²) in [5, 5.41) is 0. The van der Waals surface area contributed by atoms with E-state index < -0.39 is 0 Å². The molecule has 2 fully saturated rings. The molecule has 0 radical (unpaired) electrons. The van der Waals surface area contributed by atoms with Gasteiger partial charge in [0.2, 0.25) is 5.91 Å². The van der Waals surface area contributed by atoms with Crippen LogP contribution in [0.2, 0.25) is 0 Å². The molecular weight excluding hydrogens is 300 g/mol. The van der Waals surface area contributed by atoms with Crippen LogP contribution in [0.5, 0.6) is 5.88 Å². The Balaban J connectivity index is 1.63. The maximum absolute atomic E-state index is 11.9. The minimum Gasteiger partial charge on any atom is -0.470 e. The quantitative estimate of drug-likeness (QED) is 0.751. The molecule has 0 aromatic carbocycles. The minimum atomic E-state index is -0.0627. The summed E-state index contributed by atoms with van der Waals surface area (Å²) in [6.07, 6.45) is 4.02. The molecule has 1 aromatic heterocycles. The third-order valence-electron chi connectivity index (χ3n) is 4.00. The van der Waals surface area contributed by atoms with Crippen LogP contribution in [0.3, 0.4) is 0 Å². The predicted molar refractivity (Wildman–Crippen MR) is 82.6 cm³/mol. The van der Waals surface area contributed by atoms with Crippen LogP contribution >= 0.6 is 0 Å². The highest BCUT2D eigenvalue weighted by atomic mass is 16.5. The topological polar surface area (TPSA) is 77.0 Å². The molecule has 0 aliphatic carbocycles. The first-order chi connectivity index (χ1) is 11.3. The summed E-state index contributed by atoms with van der Waals surface area (Å²) in [5.74, 6) is 1.27. The van der Waals surface area contributed by atoms with Gasteiger partial charge < -0.3 is 24.0 Å². The normalized spacial score (nSPS) is 21.5. The van der Waals surface area contributed by atoms with Crippen LogP contribution in [-0.2, 0) is 14.3 Å². The van der Waals surface area contributed by atoms with Crippen molar-refractivity contribution in [2.45, 2.75) is 12.5 Å². The summed E-state index contributed by atoms with van der Waals surface area (Å²) in [6, 6.07) is 0. The van der Waals surface area contributed by atoms with Crippen LogP contribution < -0.4 is 9.64 Å². The number of likely N-dealkylation sites (tertiary alicyclic amines) is 1. The van der Waals surface area contributed by atoms with E-state index in [4.69, 9.17) is 14.2 Å². The van der Waals surface area contributed by atoms with E-state index in [2.05, 4.69) is 14.9 Å². The standard InChI is InChI=1S/C15H22N4O4/c1-21-11-13(20)19-5-2-12(10-19)23-15-14(16-3-4-17-15)18-6-8-22-9-7-18/h3-4,12H,2,5-11H2,1H3. The lowest BCUT2D eigenvalue weighted by molar-refractivity contribution is -0.134. The summed E-state index contributed by atoms with van der Waals surface area (Å²) in [6.45, 7) is 4.26. The molecule has 8 nitrogen and oxygen atoms in total. The van der Waals surface area contributed by atoms with Crippen molar-refractivity contribution < 1.29 is 19.0 Å². The van der Waals surface area contributed by atoms with Crippen molar-refractivity contribution in [3.05, 3.63) is 12.4 Å². The molecule has 126 valence electrons. The van der Waals surface area contributed by atoms with E-state index in [9.17, 15) is 4.79 Å². The fraction of sp³-hybridized carbons (Fsp3) is 0.667. The Morgan fingerprint density at radius 2 is 2.09 bits per heavy atom. The van der Waals surface area contributed by atoms with Gasteiger partial charge in [0.15, 0.2) is 5.82 Å². The third kappa shape index (κ3) is 3.89. The fourth-order valence-corrected chi connectivity index (χ4v) is 2.82. The largest absolute Gasteiger partial charge is 0.470 e.